The Morgan fingerprint density at radius 1 is 1.03 bits per heavy atom. The molecular formula is C26H33N5O5S. The predicted octanol–water partition coefficient (Wildman–Crippen LogP) is 1.74. The summed E-state index contributed by atoms with van der Waals surface area (Å²) in [6.45, 7) is 3.62. The molecule has 0 aliphatic carbocycles. The van der Waals surface area contributed by atoms with Gasteiger partial charge < -0.3 is 20.3 Å². The Morgan fingerprint density at radius 3 is 2.30 bits per heavy atom. The second-order valence-corrected chi connectivity index (χ2v) is 9.80. The van der Waals surface area contributed by atoms with Crippen LogP contribution in [0.3, 0.4) is 0 Å². The number of thiocarbonyl (C=S) groups is 1. The predicted molar refractivity (Wildman–Crippen MR) is 144 cm³/mol. The molecule has 10 nitrogen and oxygen atoms in total. The molecule has 3 rings (SSSR count). The van der Waals surface area contributed by atoms with Crippen LogP contribution < -0.4 is 5.32 Å². The fraction of sp³-hybridized carbons (Fsp3) is 0.423. The van der Waals surface area contributed by atoms with E-state index in [1.54, 1.807) is 11.8 Å². The van der Waals surface area contributed by atoms with E-state index < -0.39 is 11.9 Å². The highest BCUT2D eigenvalue weighted by Crippen LogP contribution is 2.18. The highest BCUT2D eigenvalue weighted by Gasteiger charge is 2.26. The van der Waals surface area contributed by atoms with Gasteiger partial charge in [0.2, 0.25) is 0 Å². The lowest BCUT2D eigenvalue weighted by Crippen LogP contribution is -2.49. The fourth-order valence-electron chi connectivity index (χ4n) is 4.49. The summed E-state index contributed by atoms with van der Waals surface area (Å²) in [5, 5.41) is 22.2. The van der Waals surface area contributed by atoms with Gasteiger partial charge in [-0.1, -0.05) is 30.4 Å². The molecule has 3 N–H and O–H groups in total. The lowest BCUT2D eigenvalue weighted by Gasteiger charge is -2.35. The van der Waals surface area contributed by atoms with Crippen molar-refractivity contribution in [2.75, 3.05) is 44.6 Å². The Balaban J connectivity index is 1.95. The van der Waals surface area contributed by atoms with Gasteiger partial charge in [0.15, 0.2) is 0 Å². The van der Waals surface area contributed by atoms with Gasteiger partial charge in [-0.15, -0.1) is 0 Å². The van der Waals surface area contributed by atoms with Crippen LogP contribution in [0.1, 0.15) is 23.9 Å². The Hall–Kier alpha value is -3.25. The summed E-state index contributed by atoms with van der Waals surface area (Å²) in [7, 11) is 0. The van der Waals surface area contributed by atoms with Crippen LogP contribution in [0.15, 0.2) is 42.5 Å². The number of carbonyl (C=O) groups excluding carboxylic acids is 1. The molecule has 1 aromatic carbocycles. The minimum absolute atomic E-state index is 0.142. The van der Waals surface area contributed by atoms with Crippen molar-refractivity contribution in [1.29, 1.82) is 0 Å². The van der Waals surface area contributed by atoms with Crippen LogP contribution in [0, 0.1) is 0 Å². The SMILES string of the molecule is CC(=S)Nc1ccc(CC2CN(CC=O)CCN(CC(=O)O)Cc3cccc(n3)CN2CC(=O)O)cc1. The number of nitrogens with one attached hydrogen (secondary N) is 1. The van der Waals surface area contributed by atoms with Gasteiger partial charge in [0.05, 0.1) is 36.0 Å². The number of aliphatic carboxylic acids is 2. The van der Waals surface area contributed by atoms with Crippen LogP contribution in [0.5, 0.6) is 0 Å². The van der Waals surface area contributed by atoms with Gasteiger partial charge in [0.25, 0.3) is 0 Å². The maximum atomic E-state index is 11.9. The van der Waals surface area contributed by atoms with E-state index in [0.29, 0.717) is 55.5 Å². The number of aromatic nitrogens is 1. The van der Waals surface area contributed by atoms with Crippen molar-refractivity contribution in [3.63, 3.8) is 0 Å². The van der Waals surface area contributed by atoms with Crippen LogP contribution in [-0.4, -0.2) is 98.4 Å². The largest absolute Gasteiger partial charge is 0.480 e. The molecule has 1 unspecified atom stereocenters. The van der Waals surface area contributed by atoms with Crippen molar-refractivity contribution in [2.45, 2.75) is 32.5 Å². The van der Waals surface area contributed by atoms with Crippen molar-refractivity contribution in [2.24, 2.45) is 0 Å². The zero-order valence-corrected chi connectivity index (χ0v) is 21.7. The quantitative estimate of drug-likeness (QED) is 0.326. The molecule has 0 radical (unpaired) electrons. The van der Waals surface area contributed by atoms with E-state index in [2.05, 4.69) is 5.32 Å². The monoisotopic (exact) mass is 527 g/mol. The van der Waals surface area contributed by atoms with E-state index in [1.165, 1.54) is 0 Å². The standard InChI is InChI=1S/C26H33N5O5S/c1-19(37)27-21-7-5-20(6-8-21)13-24-16-29(11-12-32)9-10-30(17-25(33)34)14-22-3-2-4-23(28-22)15-31(24)18-26(35)36/h2-8,12,24H,9-11,13-18H2,1H3,(H,27,37)(H,33,34)(H,35,36). The molecule has 0 fully saturated rings. The molecular weight excluding hydrogens is 494 g/mol. The third kappa shape index (κ3) is 9.62. The first-order chi connectivity index (χ1) is 17.7. The maximum absolute atomic E-state index is 11.9. The van der Waals surface area contributed by atoms with Gasteiger partial charge >= 0.3 is 11.9 Å². The summed E-state index contributed by atoms with van der Waals surface area (Å²) in [6.07, 6.45) is 1.38. The summed E-state index contributed by atoms with van der Waals surface area (Å²) >= 11 is 5.11. The normalized spacial score (nSPS) is 17.8. The van der Waals surface area contributed by atoms with Gasteiger partial charge in [-0.05, 0) is 43.2 Å². The van der Waals surface area contributed by atoms with Gasteiger partial charge in [0.1, 0.15) is 6.29 Å². The average Bonchev–Trinajstić information content (AvgIpc) is 2.81. The second kappa shape index (κ2) is 13.9. The summed E-state index contributed by atoms with van der Waals surface area (Å²) in [6, 6.07) is 13.1. The van der Waals surface area contributed by atoms with Gasteiger partial charge in [-0.2, -0.15) is 0 Å². The molecule has 0 saturated heterocycles. The number of hydrogen-bond donors (Lipinski definition) is 3. The van der Waals surface area contributed by atoms with E-state index in [0.717, 1.165) is 17.5 Å². The lowest BCUT2D eigenvalue weighted by molar-refractivity contribution is -0.139. The van der Waals surface area contributed by atoms with Crippen molar-refractivity contribution >= 4 is 41.1 Å². The van der Waals surface area contributed by atoms with Gasteiger partial charge in [-0.3, -0.25) is 29.3 Å². The zero-order chi connectivity index (χ0) is 26.8. The Labute approximate surface area is 221 Å². The van der Waals surface area contributed by atoms with Crippen molar-refractivity contribution in [3.05, 3.63) is 59.4 Å². The summed E-state index contributed by atoms with van der Waals surface area (Å²) < 4.78 is 0. The van der Waals surface area contributed by atoms with Crippen LogP contribution in [0.4, 0.5) is 5.69 Å². The molecule has 2 heterocycles. The summed E-state index contributed by atoms with van der Waals surface area (Å²) in [5.74, 6) is -1.88. The first-order valence-corrected chi connectivity index (χ1v) is 12.5. The Kier molecular flexibility index (Phi) is 10.6. The minimum Gasteiger partial charge on any atom is -0.480 e. The first-order valence-electron chi connectivity index (χ1n) is 12.1. The molecule has 37 heavy (non-hydrogen) atoms. The molecule has 0 saturated carbocycles. The number of nitrogens with zero attached hydrogens (tertiary/aromatic N) is 4. The number of rotatable bonds is 9. The molecule has 198 valence electrons. The molecule has 2 bridgehead atoms. The number of aldehydes is 1. The van der Waals surface area contributed by atoms with E-state index in [9.17, 15) is 24.6 Å². The van der Waals surface area contributed by atoms with Crippen LogP contribution in [0.2, 0.25) is 0 Å². The number of anilines is 1. The van der Waals surface area contributed by atoms with E-state index in [4.69, 9.17) is 17.2 Å². The topological polar surface area (TPSA) is 126 Å². The first kappa shape index (κ1) is 28.3. The number of pyridine rings is 1. The molecule has 1 aliphatic rings. The number of benzene rings is 1. The average molecular weight is 528 g/mol. The smallest absolute Gasteiger partial charge is 0.317 e. The fourth-order valence-corrected chi connectivity index (χ4v) is 4.61. The van der Waals surface area contributed by atoms with Crippen molar-refractivity contribution in [3.8, 4) is 0 Å². The Morgan fingerprint density at radius 2 is 1.68 bits per heavy atom. The second-order valence-electron chi connectivity index (χ2n) is 9.19. The Bertz CT molecular complexity index is 1100. The van der Waals surface area contributed by atoms with Crippen LogP contribution in [-0.2, 0) is 33.9 Å². The third-order valence-electron chi connectivity index (χ3n) is 6.11. The number of fused-ring (bicyclic) bond motifs is 2. The summed E-state index contributed by atoms with van der Waals surface area (Å²) in [5.41, 5.74) is 3.31. The number of hydrogen-bond acceptors (Lipinski definition) is 8. The minimum atomic E-state index is -0.946. The molecule has 1 atom stereocenters. The molecule has 11 heteroatoms. The molecule has 1 aromatic heterocycles. The van der Waals surface area contributed by atoms with Gasteiger partial charge in [-0.25, -0.2) is 0 Å². The number of carboxylic acid groups (broad SMARTS) is 2. The van der Waals surface area contributed by atoms with E-state index >= 15 is 0 Å². The maximum Gasteiger partial charge on any atom is 0.317 e. The van der Waals surface area contributed by atoms with Crippen LogP contribution in [0.25, 0.3) is 0 Å². The highest BCUT2D eigenvalue weighted by molar-refractivity contribution is 7.80. The zero-order valence-electron chi connectivity index (χ0n) is 20.9. The van der Waals surface area contributed by atoms with Gasteiger partial charge in [0, 0.05) is 44.5 Å². The number of carbonyl (C=O) groups is 3. The van der Waals surface area contributed by atoms with Crippen LogP contribution >= 0.6 is 12.2 Å². The summed E-state index contributed by atoms with van der Waals surface area (Å²) in [4.78, 5) is 45.8. The van der Waals surface area contributed by atoms with E-state index in [-0.39, 0.29) is 25.7 Å². The third-order valence-corrected chi connectivity index (χ3v) is 6.21. The lowest BCUT2D eigenvalue weighted by atomic mass is 10.0. The highest BCUT2D eigenvalue weighted by atomic mass is 32.1. The molecule has 1 aliphatic heterocycles. The molecule has 0 spiro atoms. The molecule has 0 amide bonds. The number of carboxylic acids is 2. The molecule has 2 aromatic rings. The van der Waals surface area contributed by atoms with Crippen molar-refractivity contribution in [1.82, 2.24) is 19.7 Å². The van der Waals surface area contributed by atoms with Crippen molar-refractivity contribution < 1.29 is 24.6 Å². The van der Waals surface area contributed by atoms with E-state index in [1.807, 2.05) is 52.3 Å².